The Morgan fingerprint density at radius 1 is 0.927 bits per heavy atom. The van der Waals surface area contributed by atoms with E-state index < -0.39 is 0 Å². The van der Waals surface area contributed by atoms with E-state index >= 15 is 0 Å². The highest BCUT2D eigenvalue weighted by Gasteiger charge is 2.30. The molecule has 3 atom stereocenters. The quantitative estimate of drug-likeness (QED) is 0.174. The number of ether oxygens (including phenoxy) is 2. The van der Waals surface area contributed by atoms with Crippen LogP contribution in [0.1, 0.15) is 80.6 Å². The van der Waals surface area contributed by atoms with Gasteiger partial charge in [-0.15, -0.1) is 0 Å². The molecule has 1 N–H and O–H groups in total. The Bertz CT molecular complexity index is 1470. The van der Waals surface area contributed by atoms with Gasteiger partial charge in [0.25, 0.3) is 0 Å². The summed E-state index contributed by atoms with van der Waals surface area (Å²) in [6.45, 7) is 7.80. The summed E-state index contributed by atoms with van der Waals surface area (Å²) in [5.74, 6) is 2.04. The Hall–Kier alpha value is -3.38. The van der Waals surface area contributed by atoms with E-state index in [1.54, 1.807) is 12.5 Å². The molecule has 2 heterocycles. The third-order valence-electron chi connectivity index (χ3n) is 8.17. The van der Waals surface area contributed by atoms with Crippen LogP contribution in [0.25, 0.3) is 21.5 Å². The number of aliphatic hydroxyl groups is 1. The van der Waals surface area contributed by atoms with Gasteiger partial charge < -0.3 is 23.4 Å². The van der Waals surface area contributed by atoms with E-state index in [2.05, 4.69) is 63.2 Å². The molecule has 2 aromatic heterocycles. The maximum absolute atomic E-state index is 10.1. The van der Waals surface area contributed by atoms with Crippen molar-refractivity contribution in [3.05, 3.63) is 107 Å². The Kier molecular flexibility index (Phi) is 9.94. The molecular formula is C36H42O5. The summed E-state index contributed by atoms with van der Waals surface area (Å²) in [5.41, 5.74) is 3.87. The third kappa shape index (κ3) is 6.92. The van der Waals surface area contributed by atoms with Gasteiger partial charge in [-0.1, -0.05) is 63.1 Å². The molecule has 0 bridgehead atoms. The van der Waals surface area contributed by atoms with Gasteiger partial charge in [0.2, 0.25) is 0 Å². The van der Waals surface area contributed by atoms with Gasteiger partial charge in [0.15, 0.2) is 0 Å². The topological polar surface area (TPSA) is 65.0 Å². The van der Waals surface area contributed by atoms with E-state index in [1.807, 2.05) is 24.3 Å². The number of benzene rings is 3. The van der Waals surface area contributed by atoms with Crippen molar-refractivity contribution in [2.75, 3.05) is 0 Å². The second-order valence-corrected chi connectivity index (χ2v) is 11.1. The molecule has 0 spiro atoms. The molecule has 0 aliphatic heterocycles. The Morgan fingerprint density at radius 3 is 2.32 bits per heavy atom. The summed E-state index contributed by atoms with van der Waals surface area (Å²) >= 11 is 0. The maximum atomic E-state index is 10.1. The van der Waals surface area contributed by atoms with Crippen LogP contribution in [0.5, 0.6) is 0 Å². The number of rotatable bonds is 10. The van der Waals surface area contributed by atoms with Gasteiger partial charge >= 0.3 is 0 Å². The van der Waals surface area contributed by atoms with Crippen LogP contribution in [0.15, 0.2) is 88.1 Å². The van der Waals surface area contributed by atoms with Crippen LogP contribution in [0.2, 0.25) is 0 Å². The van der Waals surface area contributed by atoms with E-state index in [4.69, 9.17) is 18.3 Å². The van der Waals surface area contributed by atoms with Crippen molar-refractivity contribution >= 4 is 21.5 Å². The molecule has 0 saturated heterocycles. The van der Waals surface area contributed by atoms with Gasteiger partial charge in [-0.2, -0.15) is 0 Å². The van der Waals surface area contributed by atoms with Crippen molar-refractivity contribution in [3.8, 4) is 0 Å². The van der Waals surface area contributed by atoms with Crippen LogP contribution in [0, 0.1) is 0 Å². The Morgan fingerprint density at radius 2 is 1.66 bits per heavy atom. The van der Waals surface area contributed by atoms with Crippen molar-refractivity contribution in [2.24, 2.45) is 0 Å². The normalized spacial score (nSPS) is 17.3. The zero-order valence-corrected chi connectivity index (χ0v) is 24.5. The molecule has 1 aliphatic carbocycles. The van der Waals surface area contributed by atoms with Crippen molar-refractivity contribution in [1.29, 1.82) is 0 Å². The molecule has 3 unspecified atom stereocenters. The molecule has 1 aliphatic rings. The van der Waals surface area contributed by atoms with Crippen LogP contribution in [-0.4, -0.2) is 17.3 Å². The van der Waals surface area contributed by atoms with E-state index in [-0.39, 0.29) is 12.7 Å². The van der Waals surface area contributed by atoms with Crippen molar-refractivity contribution in [1.82, 2.24) is 0 Å². The SMILES string of the molecule is CCCCC(C)OC1CCc2c(ccc3c2c(CO)cc2ccccc23)C1C.c1coc(COCc2ccco2)c1. The molecule has 0 amide bonds. The first kappa shape index (κ1) is 29.1. The van der Waals surface area contributed by atoms with Gasteiger partial charge in [-0.05, 0) is 94.8 Å². The highest BCUT2D eigenvalue weighted by atomic mass is 16.5. The van der Waals surface area contributed by atoms with E-state index in [0.29, 0.717) is 25.2 Å². The van der Waals surface area contributed by atoms with Gasteiger partial charge in [-0.25, -0.2) is 0 Å². The van der Waals surface area contributed by atoms with Crippen LogP contribution in [0.4, 0.5) is 0 Å². The fourth-order valence-corrected chi connectivity index (χ4v) is 6.03. The Labute approximate surface area is 243 Å². The number of aliphatic hydroxyl groups excluding tert-OH is 1. The summed E-state index contributed by atoms with van der Waals surface area (Å²) in [6.07, 6.45) is 9.55. The minimum atomic E-state index is 0.0835. The van der Waals surface area contributed by atoms with Crippen molar-refractivity contribution in [3.63, 3.8) is 0 Å². The van der Waals surface area contributed by atoms with E-state index in [1.165, 1.54) is 45.5 Å². The molecule has 5 nitrogen and oxygen atoms in total. The predicted molar refractivity (Wildman–Crippen MR) is 164 cm³/mol. The fourth-order valence-electron chi connectivity index (χ4n) is 6.03. The molecule has 0 fully saturated rings. The van der Waals surface area contributed by atoms with Crippen molar-refractivity contribution in [2.45, 2.75) is 90.8 Å². The van der Waals surface area contributed by atoms with Crippen molar-refractivity contribution < 1.29 is 23.4 Å². The summed E-state index contributed by atoms with van der Waals surface area (Å²) in [5, 5.41) is 15.1. The standard InChI is InChI=1S/C26H32O2.C10H10O3/c1-4-5-8-17(2)28-25-14-13-23-21(18(25)3)11-12-24-22-10-7-6-9-19(22)15-20(16-27)26(23)24;1-3-9(12-5-1)7-11-8-10-4-2-6-13-10/h6-7,9-12,15,17-18,25,27H,4-5,8,13-14,16H2,1-3H3;1-6H,7-8H2. The molecule has 5 aromatic rings. The molecule has 0 saturated carbocycles. The lowest BCUT2D eigenvalue weighted by molar-refractivity contribution is -0.0260. The first-order valence-electron chi connectivity index (χ1n) is 14.9. The monoisotopic (exact) mass is 554 g/mol. The maximum Gasteiger partial charge on any atom is 0.129 e. The molecule has 0 radical (unpaired) electrons. The molecule has 5 heteroatoms. The Balaban J connectivity index is 0.000000216. The minimum absolute atomic E-state index is 0.0835. The summed E-state index contributed by atoms with van der Waals surface area (Å²) in [4.78, 5) is 0. The first-order valence-corrected chi connectivity index (χ1v) is 14.9. The number of unbranched alkanes of at least 4 members (excludes halogenated alkanes) is 1. The summed E-state index contributed by atoms with van der Waals surface area (Å²) in [6, 6.07) is 22.7. The zero-order valence-electron chi connectivity index (χ0n) is 24.5. The lowest BCUT2D eigenvalue weighted by Gasteiger charge is -2.34. The highest BCUT2D eigenvalue weighted by Crippen LogP contribution is 2.41. The van der Waals surface area contributed by atoms with E-state index in [0.717, 1.165) is 36.3 Å². The van der Waals surface area contributed by atoms with Crippen LogP contribution in [-0.2, 0) is 35.7 Å². The van der Waals surface area contributed by atoms with Gasteiger partial charge in [-0.3, -0.25) is 0 Å². The van der Waals surface area contributed by atoms with Gasteiger partial charge in [0.05, 0.1) is 31.3 Å². The second-order valence-electron chi connectivity index (χ2n) is 11.1. The number of furan rings is 2. The molecule has 41 heavy (non-hydrogen) atoms. The summed E-state index contributed by atoms with van der Waals surface area (Å²) in [7, 11) is 0. The molecule has 216 valence electrons. The van der Waals surface area contributed by atoms with E-state index in [9.17, 15) is 5.11 Å². The largest absolute Gasteiger partial charge is 0.467 e. The van der Waals surface area contributed by atoms with Gasteiger partial charge in [0.1, 0.15) is 24.7 Å². The lowest BCUT2D eigenvalue weighted by Crippen LogP contribution is -2.30. The number of aryl methyl sites for hydroxylation is 1. The molecular weight excluding hydrogens is 512 g/mol. The highest BCUT2D eigenvalue weighted by molar-refractivity contribution is 6.10. The smallest absolute Gasteiger partial charge is 0.129 e. The summed E-state index contributed by atoms with van der Waals surface area (Å²) < 4.78 is 22.0. The predicted octanol–water partition coefficient (Wildman–Crippen LogP) is 9.09. The average Bonchev–Trinajstić information content (AvgIpc) is 3.72. The van der Waals surface area contributed by atoms with Crippen LogP contribution >= 0.6 is 0 Å². The van der Waals surface area contributed by atoms with Crippen LogP contribution < -0.4 is 0 Å². The van der Waals surface area contributed by atoms with Gasteiger partial charge in [0, 0.05) is 5.92 Å². The fraction of sp³-hybridized carbons (Fsp3) is 0.389. The first-order chi connectivity index (χ1) is 20.1. The lowest BCUT2D eigenvalue weighted by atomic mass is 9.78. The van der Waals surface area contributed by atoms with Crippen LogP contribution in [0.3, 0.4) is 0 Å². The third-order valence-corrected chi connectivity index (χ3v) is 8.17. The number of hydrogen-bond donors (Lipinski definition) is 1. The number of fused-ring (bicyclic) bond motifs is 5. The molecule has 3 aromatic carbocycles. The average molecular weight is 555 g/mol. The molecule has 6 rings (SSSR count). The minimum Gasteiger partial charge on any atom is -0.467 e. The second kappa shape index (κ2) is 14.0. The zero-order chi connectivity index (χ0) is 28.6. The number of hydrogen-bond acceptors (Lipinski definition) is 5.